The van der Waals surface area contributed by atoms with Crippen LogP contribution in [0, 0.1) is 0 Å². The Morgan fingerprint density at radius 3 is 2.52 bits per heavy atom. The maximum absolute atomic E-state index is 12.8. The summed E-state index contributed by atoms with van der Waals surface area (Å²) in [5.41, 5.74) is 4.57. The summed E-state index contributed by atoms with van der Waals surface area (Å²) in [5.74, 6) is -0.104. The Kier molecular flexibility index (Phi) is 5.84. The second-order valence-electron chi connectivity index (χ2n) is 6.69. The van der Waals surface area contributed by atoms with E-state index in [0.29, 0.717) is 17.1 Å². The minimum atomic E-state index is -0.104. The quantitative estimate of drug-likeness (QED) is 0.339. The van der Waals surface area contributed by atoms with Gasteiger partial charge in [0.15, 0.2) is 0 Å². The molecule has 4 aromatic rings. The van der Waals surface area contributed by atoms with Crippen LogP contribution in [0.15, 0.2) is 77.3 Å². The zero-order valence-electron chi connectivity index (χ0n) is 15.5. The lowest BCUT2D eigenvalue weighted by molar-refractivity contribution is 0.0952. The molecule has 0 bridgehead atoms. The zero-order chi connectivity index (χ0) is 20.2. The molecule has 0 radical (unpaired) electrons. The summed E-state index contributed by atoms with van der Waals surface area (Å²) in [4.78, 5) is 16.2. The van der Waals surface area contributed by atoms with Gasteiger partial charge in [-0.25, -0.2) is 0 Å². The van der Waals surface area contributed by atoms with Crippen molar-refractivity contribution < 1.29 is 4.79 Å². The van der Waals surface area contributed by atoms with Gasteiger partial charge in [0.25, 0.3) is 5.91 Å². The first-order valence-corrected chi connectivity index (χ1v) is 10.3. The summed E-state index contributed by atoms with van der Waals surface area (Å²) < 4.78 is 0.852. The smallest absolute Gasteiger partial charge is 0.252 e. The summed E-state index contributed by atoms with van der Waals surface area (Å²) in [7, 11) is 0. The van der Waals surface area contributed by atoms with Gasteiger partial charge in [0.2, 0.25) is 0 Å². The van der Waals surface area contributed by atoms with Crippen LogP contribution < -0.4 is 5.32 Å². The number of hydrogen-bond acceptors (Lipinski definition) is 1. The Morgan fingerprint density at radius 1 is 1.00 bits per heavy atom. The number of nitrogens with one attached hydrogen (secondary N) is 2. The first-order chi connectivity index (χ1) is 14.1. The largest absolute Gasteiger partial charge is 0.355 e. The number of benzene rings is 3. The van der Waals surface area contributed by atoms with E-state index in [2.05, 4.69) is 26.2 Å². The summed E-state index contributed by atoms with van der Waals surface area (Å²) in [5, 5.41) is 4.60. The van der Waals surface area contributed by atoms with Gasteiger partial charge in [-0.15, -0.1) is 0 Å². The topological polar surface area (TPSA) is 44.9 Å². The van der Waals surface area contributed by atoms with Gasteiger partial charge in [0, 0.05) is 38.2 Å². The van der Waals surface area contributed by atoms with Crippen LogP contribution in [0.2, 0.25) is 5.02 Å². The predicted molar refractivity (Wildman–Crippen MR) is 124 cm³/mol. The maximum Gasteiger partial charge on any atom is 0.252 e. The van der Waals surface area contributed by atoms with Gasteiger partial charge in [-0.2, -0.15) is 0 Å². The first-order valence-electron chi connectivity index (χ1n) is 9.16. The standard InChI is InChI=1S/C24H18BrClN2O/c25-18-12-22(24(29)27-15-17-4-2-1-3-5-17)21-14-20(28-23(21)13-18)11-8-16-6-9-19(26)10-7-16/h1-14,28H,15H2,(H,27,29)/b11-8+. The molecule has 0 aliphatic carbocycles. The molecule has 0 fully saturated rings. The molecule has 0 spiro atoms. The van der Waals surface area contributed by atoms with E-state index < -0.39 is 0 Å². The average molecular weight is 466 g/mol. The van der Waals surface area contributed by atoms with E-state index in [1.54, 1.807) is 0 Å². The fraction of sp³-hybridized carbons (Fsp3) is 0.0417. The number of H-pyrrole nitrogens is 1. The number of carbonyl (C=O) groups is 1. The number of amides is 1. The molecular formula is C24H18BrClN2O. The minimum Gasteiger partial charge on any atom is -0.355 e. The Labute approximate surface area is 182 Å². The van der Waals surface area contributed by atoms with Crippen molar-refractivity contribution in [1.29, 1.82) is 0 Å². The molecule has 3 nitrogen and oxygen atoms in total. The normalized spacial score (nSPS) is 11.2. The summed E-state index contributed by atoms with van der Waals surface area (Å²) in [6.07, 6.45) is 3.99. The predicted octanol–water partition coefficient (Wildman–Crippen LogP) is 6.68. The lowest BCUT2D eigenvalue weighted by atomic mass is 10.1. The lowest BCUT2D eigenvalue weighted by Crippen LogP contribution is -2.22. The van der Waals surface area contributed by atoms with Gasteiger partial charge in [0.1, 0.15) is 0 Å². The van der Waals surface area contributed by atoms with Gasteiger partial charge >= 0.3 is 0 Å². The van der Waals surface area contributed by atoms with Crippen LogP contribution >= 0.6 is 27.5 Å². The van der Waals surface area contributed by atoms with Crippen molar-refractivity contribution in [2.45, 2.75) is 6.54 Å². The number of hydrogen-bond donors (Lipinski definition) is 2. The number of carbonyl (C=O) groups excluding carboxylic acids is 1. The Hall–Kier alpha value is -2.82. The zero-order valence-corrected chi connectivity index (χ0v) is 17.8. The fourth-order valence-electron chi connectivity index (χ4n) is 3.14. The van der Waals surface area contributed by atoms with E-state index in [1.165, 1.54) is 0 Å². The molecule has 5 heteroatoms. The number of aromatic nitrogens is 1. The van der Waals surface area contributed by atoms with E-state index in [-0.39, 0.29) is 5.91 Å². The SMILES string of the molecule is O=C(NCc1ccccc1)c1cc(Br)cc2[nH]c(/C=C/c3ccc(Cl)cc3)cc12. The molecule has 0 unspecified atom stereocenters. The maximum atomic E-state index is 12.8. The number of fused-ring (bicyclic) bond motifs is 1. The third kappa shape index (κ3) is 4.78. The fourth-order valence-corrected chi connectivity index (χ4v) is 3.72. The van der Waals surface area contributed by atoms with E-state index in [0.717, 1.165) is 32.2 Å². The van der Waals surface area contributed by atoms with Crippen LogP contribution in [-0.2, 0) is 6.54 Å². The van der Waals surface area contributed by atoms with Gasteiger partial charge < -0.3 is 10.3 Å². The van der Waals surface area contributed by atoms with Gasteiger partial charge in [-0.05, 0) is 47.5 Å². The van der Waals surface area contributed by atoms with Crippen molar-refractivity contribution in [2.75, 3.05) is 0 Å². The highest BCUT2D eigenvalue weighted by Gasteiger charge is 2.13. The summed E-state index contributed by atoms with van der Waals surface area (Å²) >= 11 is 9.45. The van der Waals surface area contributed by atoms with Crippen LogP contribution in [0.3, 0.4) is 0 Å². The monoisotopic (exact) mass is 464 g/mol. The third-order valence-corrected chi connectivity index (χ3v) is 5.30. The van der Waals surface area contributed by atoms with Crippen molar-refractivity contribution in [2.24, 2.45) is 0 Å². The van der Waals surface area contributed by atoms with Crippen molar-refractivity contribution in [3.63, 3.8) is 0 Å². The average Bonchev–Trinajstić information content (AvgIpc) is 3.14. The molecule has 0 saturated carbocycles. The van der Waals surface area contributed by atoms with E-state index >= 15 is 0 Å². The highest BCUT2D eigenvalue weighted by molar-refractivity contribution is 9.10. The molecule has 1 amide bonds. The number of aromatic amines is 1. The molecule has 29 heavy (non-hydrogen) atoms. The molecule has 4 rings (SSSR count). The molecule has 2 N–H and O–H groups in total. The third-order valence-electron chi connectivity index (χ3n) is 4.59. The van der Waals surface area contributed by atoms with Crippen LogP contribution in [0.25, 0.3) is 23.1 Å². The van der Waals surface area contributed by atoms with Crippen molar-refractivity contribution >= 4 is 56.5 Å². The van der Waals surface area contributed by atoms with Gasteiger partial charge in [-0.3, -0.25) is 4.79 Å². The van der Waals surface area contributed by atoms with E-state index in [4.69, 9.17) is 11.6 Å². The minimum absolute atomic E-state index is 0.104. The summed E-state index contributed by atoms with van der Waals surface area (Å²) in [6.45, 7) is 0.488. The first kappa shape index (κ1) is 19.5. The summed E-state index contributed by atoms with van der Waals surface area (Å²) in [6, 6.07) is 23.3. The van der Waals surface area contributed by atoms with Crippen LogP contribution in [0.5, 0.6) is 0 Å². The second-order valence-corrected chi connectivity index (χ2v) is 8.04. The van der Waals surface area contributed by atoms with Crippen LogP contribution in [0.4, 0.5) is 0 Å². The lowest BCUT2D eigenvalue weighted by Gasteiger charge is -2.07. The van der Waals surface area contributed by atoms with Gasteiger partial charge in [-0.1, -0.05) is 76.1 Å². The molecule has 3 aromatic carbocycles. The number of halogens is 2. The molecular weight excluding hydrogens is 448 g/mol. The second kappa shape index (κ2) is 8.68. The molecule has 0 aliphatic heterocycles. The Bertz CT molecular complexity index is 1180. The van der Waals surface area contributed by atoms with Crippen molar-refractivity contribution in [1.82, 2.24) is 10.3 Å². The highest BCUT2D eigenvalue weighted by atomic mass is 79.9. The van der Waals surface area contributed by atoms with Crippen molar-refractivity contribution in [3.05, 3.63) is 105 Å². The molecule has 0 saturated heterocycles. The van der Waals surface area contributed by atoms with E-state index in [1.807, 2.05) is 84.9 Å². The molecule has 1 aromatic heterocycles. The number of rotatable bonds is 5. The Balaban J connectivity index is 1.59. The van der Waals surface area contributed by atoms with E-state index in [9.17, 15) is 4.79 Å². The molecule has 0 aliphatic rings. The molecule has 1 heterocycles. The van der Waals surface area contributed by atoms with Gasteiger partial charge in [0.05, 0.1) is 0 Å². The molecule has 0 atom stereocenters. The van der Waals surface area contributed by atoms with Crippen LogP contribution in [-0.4, -0.2) is 10.9 Å². The van der Waals surface area contributed by atoms with Crippen molar-refractivity contribution in [3.8, 4) is 0 Å². The molecule has 144 valence electrons. The Morgan fingerprint density at radius 2 is 1.76 bits per heavy atom. The van der Waals surface area contributed by atoms with Crippen LogP contribution in [0.1, 0.15) is 27.2 Å². The highest BCUT2D eigenvalue weighted by Crippen LogP contribution is 2.26.